The molecule has 0 spiro atoms. The Morgan fingerprint density at radius 3 is 2.39 bits per heavy atom. The minimum Gasteiger partial charge on any atom is -0.459 e. The van der Waals surface area contributed by atoms with E-state index in [0.29, 0.717) is 0 Å². The van der Waals surface area contributed by atoms with Crippen molar-refractivity contribution in [1.29, 1.82) is 0 Å². The summed E-state index contributed by atoms with van der Waals surface area (Å²) in [6.45, 7) is 12.2. The van der Waals surface area contributed by atoms with Gasteiger partial charge < -0.3 is 13.9 Å². The van der Waals surface area contributed by atoms with Crippen LogP contribution >= 0.6 is 0 Å². The first kappa shape index (κ1) is 18.3. The molecular weight excluding hydrogens is 314 g/mol. The summed E-state index contributed by atoms with van der Waals surface area (Å²) in [5.41, 5.74) is 8.88. The van der Waals surface area contributed by atoms with E-state index in [4.69, 9.17) is 19.4 Å². The van der Waals surface area contributed by atoms with Crippen LogP contribution in [-0.4, -0.2) is 44.7 Å². The average molecular weight is 341 g/mol. The van der Waals surface area contributed by atoms with E-state index in [-0.39, 0.29) is 23.4 Å². The predicted octanol–water partition coefficient (Wildman–Crippen LogP) is 3.55. The van der Waals surface area contributed by atoms with Crippen LogP contribution in [0, 0.1) is 0 Å². The monoisotopic (exact) mass is 341 g/mol. The molecule has 23 heavy (non-hydrogen) atoms. The summed E-state index contributed by atoms with van der Waals surface area (Å²) in [7, 11) is -2.08. The number of rotatable bonds is 4. The SMILES string of the molecule is CC(=O)OC1[C@H](N=[N+]=[N-])C2CC[C@@H](O2)[C@H]1O[Si](C)(C)C(C)(C)C. The summed E-state index contributed by atoms with van der Waals surface area (Å²) in [5.74, 6) is -0.390. The molecule has 2 bridgehead atoms. The number of carbonyl (C=O) groups is 1. The van der Waals surface area contributed by atoms with Crippen LogP contribution in [0.25, 0.3) is 10.4 Å². The second-order valence-electron chi connectivity index (χ2n) is 7.90. The number of ether oxygens (including phenoxy) is 2. The van der Waals surface area contributed by atoms with Gasteiger partial charge >= 0.3 is 5.97 Å². The Balaban J connectivity index is 2.32. The Morgan fingerprint density at radius 1 is 1.26 bits per heavy atom. The molecule has 2 heterocycles. The molecule has 2 unspecified atom stereocenters. The van der Waals surface area contributed by atoms with Crippen molar-refractivity contribution in [2.75, 3.05) is 0 Å². The number of hydrogen-bond acceptors (Lipinski definition) is 5. The molecule has 2 saturated heterocycles. The maximum Gasteiger partial charge on any atom is 0.303 e. The Morgan fingerprint density at radius 2 is 1.87 bits per heavy atom. The van der Waals surface area contributed by atoms with Crippen LogP contribution in [-0.2, 0) is 18.7 Å². The van der Waals surface area contributed by atoms with Gasteiger partial charge in [0.1, 0.15) is 18.2 Å². The van der Waals surface area contributed by atoms with Crippen molar-refractivity contribution in [3.05, 3.63) is 10.4 Å². The fraction of sp³-hybridized carbons (Fsp3) is 0.933. The number of nitrogens with zero attached hydrogens (tertiary/aromatic N) is 3. The first-order valence-electron chi connectivity index (χ1n) is 8.11. The molecule has 2 aliphatic heterocycles. The fourth-order valence-electron chi connectivity index (χ4n) is 2.99. The van der Waals surface area contributed by atoms with E-state index in [1.807, 2.05) is 0 Å². The highest BCUT2D eigenvalue weighted by Crippen LogP contribution is 2.43. The number of fused-ring (bicyclic) bond motifs is 2. The van der Waals surface area contributed by atoms with Crippen molar-refractivity contribution < 1.29 is 18.7 Å². The van der Waals surface area contributed by atoms with Crippen molar-refractivity contribution in [2.24, 2.45) is 5.11 Å². The third kappa shape index (κ3) is 3.71. The molecule has 8 heteroatoms. The lowest BCUT2D eigenvalue weighted by Crippen LogP contribution is -2.59. The molecule has 0 radical (unpaired) electrons. The standard InChI is InChI=1S/C15H27N3O4Si/c1-9(19)20-14-12(17-18-16)10-7-8-11(21-10)13(14)22-23(5,6)15(2,3)4/h10-14H,7-8H2,1-6H3/t10?,11-,12-,13-,14?/m1/s1. The maximum atomic E-state index is 11.6. The maximum absolute atomic E-state index is 11.6. The molecule has 2 aliphatic rings. The lowest BCUT2D eigenvalue weighted by molar-refractivity contribution is -0.178. The van der Waals surface area contributed by atoms with Crippen LogP contribution in [0.5, 0.6) is 0 Å². The zero-order chi connectivity index (χ0) is 17.4. The topological polar surface area (TPSA) is 93.5 Å². The van der Waals surface area contributed by atoms with Crippen LogP contribution in [0.1, 0.15) is 40.5 Å². The summed E-state index contributed by atoms with van der Waals surface area (Å²) in [6.07, 6.45) is 0.365. The number of esters is 1. The molecule has 0 aliphatic carbocycles. The van der Waals surface area contributed by atoms with Crippen LogP contribution in [0.4, 0.5) is 0 Å². The summed E-state index contributed by atoms with van der Waals surface area (Å²) in [4.78, 5) is 14.5. The lowest BCUT2D eigenvalue weighted by atomic mass is 9.98. The van der Waals surface area contributed by atoms with E-state index in [9.17, 15) is 4.79 Å². The van der Waals surface area contributed by atoms with Gasteiger partial charge in [0.15, 0.2) is 8.32 Å². The van der Waals surface area contributed by atoms with Crippen LogP contribution in [0.3, 0.4) is 0 Å². The predicted molar refractivity (Wildman–Crippen MR) is 88.5 cm³/mol. The lowest BCUT2D eigenvalue weighted by Gasteiger charge is -2.46. The molecule has 2 fully saturated rings. The summed E-state index contributed by atoms with van der Waals surface area (Å²) in [6, 6.07) is -0.530. The van der Waals surface area contributed by atoms with Gasteiger partial charge in [-0.2, -0.15) is 0 Å². The Labute approximate surface area is 138 Å². The molecule has 0 amide bonds. The van der Waals surface area contributed by atoms with E-state index in [2.05, 4.69) is 43.9 Å². The van der Waals surface area contributed by atoms with Crippen molar-refractivity contribution >= 4 is 14.3 Å². The minimum atomic E-state index is -2.08. The molecule has 0 N–H and O–H groups in total. The highest BCUT2D eigenvalue weighted by atomic mass is 28.4. The molecule has 0 aromatic carbocycles. The molecular formula is C15H27N3O4Si. The smallest absolute Gasteiger partial charge is 0.303 e. The highest BCUT2D eigenvalue weighted by Gasteiger charge is 2.54. The molecule has 0 aromatic rings. The zero-order valence-electron chi connectivity index (χ0n) is 14.8. The van der Waals surface area contributed by atoms with Gasteiger partial charge in [0, 0.05) is 11.8 Å². The Kier molecular flexibility index (Phi) is 5.11. The fourth-order valence-corrected chi connectivity index (χ4v) is 4.31. The van der Waals surface area contributed by atoms with Gasteiger partial charge in [0.2, 0.25) is 0 Å². The van der Waals surface area contributed by atoms with Crippen molar-refractivity contribution in [3.63, 3.8) is 0 Å². The molecule has 130 valence electrons. The van der Waals surface area contributed by atoms with Gasteiger partial charge in [-0.1, -0.05) is 25.9 Å². The van der Waals surface area contributed by atoms with Gasteiger partial charge in [-0.05, 0) is 36.5 Å². The first-order valence-corrected chi connectivity index (χ1v) is 11.0. The third-order valence-electron chi connectivity index (χ3n) is 5.22. The highest BCUT2D eigenvalue weighted by molar-refractivity contribution is 6.74. The molecule has 5 atom stereocenters. The van der Waals surface area contributed by atoms with E-state index in [1.165, 1.54) is 6.92 Å². The molecule has 0 saturated carbocycles. The largest absolute Gasteiger partial charge is 0.459 e. The molecule has 0 aromatic heterocycles. The number of carbonyl (C=O) groups excluding carboxylic acids is 1. The number of azide groups is 1. The summed E-state index contributed by atoms with van der Waals surface area (Å²) >= 11 is 0. The van der Waals surface area contributed by atoms with Crippen molar-refractivity contribution in [2.45, 2.75) is 89.1 Å². The van der Waals surface area contributed by atoms with Gasteiger partial charge in [-0.3, -0.25) is 4.79 Å². The quantitative estimate of drug-likeness (QED) is 0.257. The van der Waals surface area contributed by atoms with Gasteiger partial charge in [0.05, 0.1) is 12.2 Å². The average Bonchev–Trinajstić information content (AvgIpc) is 2.83. The Hall–Kier alpha value is -1.08. The van der Waals surface area contributed by atoms with Gasteiger partial charge in [0.25, 0.3) is 0 Å². The third-order valence-corrected chi connectivity index (χ3v) is 9.69. The van der Waals surface area contributed by atoms with Crippen LogP contribution < -0.4 is 0 Å². The Bertz CT molecular complexity index is 513. The minimum absolute atomic E-state index is 0.0250. The van der Waals surface area contributed by atoms with Crippen LogP contribution in [0.2, 0.25) is 18.1 Å². The van der Waals surface area contributed by atoms with Gasteiger partial charge in [-0.15, -0.1) is 0 Å². The number of hydrogen-bond donors (Lipinski definition) is 0. The second kappa shape index (κ2) is 6.43. The summed E-state index contributed by atoms with van der Waals surface area (Å²) < 4.78 is 18.0. The second-order valence-corrected chi connectivity index (χ2v) is 12.7. The zero-order valence-corrected chi connectivity index (χ0v) is 15.8. The van der Waals surface area contributed by atoms with Crippen molar-refractivity contribution in [3.8, 4) is 0 Å². The summed E-state index contributed by atoms with van der Waals surface area (Å²) in [5, 5.41) is 3.88. The first-order chi connectivity index (χ1) is 10.6. The van der Waals surface area contributed by atoms with E-state index in [1.54, 1.807) is 0 Å². The normalized spacial score (nSPS) is 33.9. The molecule has 2 rings (SSSR count). The van der Waals surface area contributed by atoms with Crippen LogP contribution in [0.15, 0.2) is 5.11 Å². The van der Waals surface area contributed by atoms with E-state index >= 15 is 0 Å². The van der Waals surface area contributed by atoms with Crippen molar-refractivity contribution in [1.82, 2.24) is 0 Å². The van der Waals surface area contributed by atoms with Gasteiger partial charge in [-0.25, -0.2) is 0 Å². The van der Waals surface area contributed by atoms with E-state index in [0.717, 1.165) is 12.8 Å². The molecule has 7 nitrogen and oxygen atoms in total. The van der Waals surface area contributed by atoms with E-state index < -0.39 is 26.4 Å².